The largest absolute Gasteiger partial charge is 0.391 e. The van der Waals surface area contributed by atoms with Gasteiger partial charge in [0.25, 0.3) is 0 Å². The molecule has 3 aromatic rings. The first kappa shape index (κ1) is 19.4. The van der Waals surface area contributed by atoms with Crippen molar-refractivity contribution in [2.75, 3.05) is 23.3 Å². The Bertz CT molecular complexity index is 1080. The summed E-state index contributed by atoms with van der Waals surface area (Å²) in [6.45, 7) is 0.553. The van der Waals surface area contributed by atoms with E-state index in [2.05, 4.69) is 15.3 Å². The van der Waals surface area contributed by atoms with Crippen molar-refractivity contribution in [1.82, 2.24) is 9.97 Å². The van der Waals surface area contributed by atoms with E-state index in [-0.39, 0.29) is 31.6 Å². The smallest absolute Gasteiger partial charge is 0.371 e. The molecule has 1 aromatic carbocycles. The highest BCUT2D eigenvalue weighted by atomic mass is 35.5. The van der Waals surface area contributed by atoms with E-state index in [1.807, 2.05) is 23.1 Å². The molecular weight excluding hydrogens is 403 g/mol. The summed E-state index contributed by atoms with van der Waals surface area (Å²) >= 11 is 6.30. The van der Waals surface area contributed by atoms with Crippen LogP contribution in [-0.4, -0.2) is 29.2 Å². The molecule has 1 aliphatic heterocycles. The number of hydrogen-bond donors (Lipinski definition) is 2. The number of aromatic nitrogens is 2. The molecule has 150 valence electrons. The second kappa shape index (κ2) is 7.48. The highest BCUT2D eigenvalue weighted by Gasteiger charge is 2.41. The lowest BCUT2D eigenvalue weighted by atomic mass is 9.96. The van der Waals surface area contributed by atoms with Crippen LogP contribution in [0.2, 0.25) is 5.02 Å². The average Bonchev–Trinajstić information content (AvgIpc) is 3.16. The van der Waals surface area contributed by atoms with Crippen LogP contribution in [0.25, 0.3) is 10.9 Å². The number of nitrogens with one attached hydrogen (secondary N) is 2. The molecule has 0 radical (unpaired) electrons. The lowest BCUT2D eigenvalue weighted by Gasteiger charge is -2.34. The summed E-state index contributed by atoms with van der Waals surface area (Å²) < 4.78 is 38.8. The van der Waals surface area contributed by atoms with Gasteiger partial charge in [-0.25, -0.2) is 4.98 Å². The van der Waals surface area contributed by atoms with Crippen LogP contribution in [0.3, 0.4) is 0 Å². The molecule has 2 N–H and O–H groups in total. The number of fused-ring (bicyclic) bond motifs is 1. The molecule has 9 heteroatoms. The fourth-order valence-electron chi connectivity index (χ4n) is 3.63. The quantitative estimate of drug-likeness (QED) is 0.579. The predicted molar refractivity (Wildman–Crippen MR) is 107 cm³/mol. The van der Waals surface area contributed by atoms with E-state index in [9.17, 15) is 18.4 Å². The molecule has 5 nitrogen and oxygen atoms in total. The Hall–Kier alpha value is -2.92. The molecule has 1 fully saturated rings. The molecule has 0 bridgehead atoms. The van der Waals surface area contributed by atoms with Gasteiger partial charge in [-0.15, -0.1) is 0 Å². The number of rotatable bonds is 3. The number of pyridine rings is 1. The number of piperidine rings is 1. The van der Waals surface area contributed by atoms with Crippen molar-refractivity contribution in [1.29, 1.82) is 5.26 Å². The molecule has 0 spiro atoms. The third-order valence-corrected chi connectivity index (χ3v) is 5.45. The number of hydrogen-bond acceptors (Lipinski definition) is 4. The summed E-state index contributed by atoms with van der Waals surface area (Å²) in [5.74, 6) is -0.845. The average molecular weight is 420 g/mol. The highest BCUT2D eigenvalue weighted by molar-refractivity contribution is 6.35. The topological polar surface area (TPSA) is 67.7 Å². The van der Waals surface area contributed by atoms with E-state index in [0.717, 1.165) is 10.9 Å². The lowest BCUT2D eigenvalue weighted by Crippen LogP contribution is -2.39. The number of anilines is 3. The highest BCUT2D eigenvalue weighted by Crippen LogP contribution is 2.36. The van der Waals surface area contributed by atoms with Gasteiger partial charge in [-0.1, -0.05) is 11.6 Å². The second-order valence-corrected chi connectivity index (χ2v) is 7.44. The molecule has 0 unspecified atom stereocenters. The third-order valence-electron chi connectivity index (χ3n) is 5.14. The molecule has 4 rings (SSSR count). The summed E-state index contributed by atoms with van der Waals surface area (Å²) in [6.07, 6.45) is -2.30. The number of aromatic amines is 1. The fraction of sp³-hybridized carbons (Fsp3) is 0.300. The number of H-pyrrole nitrogens is 1. The molecule has 0 saturated carbocycles. The lowest BCUT2D eigenvalue weighted by molar-refractivity contribution is -0.179. The zero-order chi connectivity index (χ0) is 20.6. The Morgan fingerprint density at radius 3 is 2.66 bits per heavy atom. The standard InChI is InChI=1S/C20H17ClF3N5/c21-17-8-13(9-18-16(17)1-4-26-18)27-19-10-15(7-14(11-25)28-19)29-5-2-12(3-6-29)20(22,23)24/h1,4,7-10,12,26H,2-3,5-6H2,(H,27,28). The predicted octanol–water partition coefficient (Wildman–Crippen LogP) is 5.61. The van der Waals surface area contributed by atoms with E-state index < -0.39 is 12.1 Å². The maximum absolute atomic E-state index is 12.9. The Kier molecular flexibility index (Phi) is 5.01. The van der Waals surface area contributed by atoms with Gasteiger partial charge in [-0.05, 0) is 37.1 Å². The molecule has 3 heterocycles. The van der Waals surface area contributed by atoms with E-state index >= 15 is 0 Å². The van der Waals surface area contributed by atoms with Crippen LogP contribution in [0.1, 0.15) is 18.5 Å². The van der Waals surface area contributed by atoms with E-state index in [1.54, 1.807) is 24.4 Å². The maximum atomic E-state index is 12.9. The van der Waals surface area contributed by atoms with Gasteiger partial charge in [0, 0.05) is 47.6 Å². The summed E-state index contributed by atoms with van der Waals surface area (Å²) in [5, 5.41) is 13.9. The monoisotopic (exact) mass is 419 g/mol. The van der Waals surface area contributed by atoms with Crippen molar-refractivity contribution in [2.24, 2.45) is 5.92 Å². The Morgan fingerprint density at radius 2 is 1.97 bits per heavy atom. The van der Waals surface area contributed by atoms with Crippen LogP contribution in [0.5, 0.6) is 0 Å². The van der Waals surface area contributed by atoms with Gasteiger partial charge in [0.2, 0.25) is 0 Å². The van der Waals surface area contributed by atoms with Crippen molar-refractivity contribution in [2.45, 2.75) is 19.0 Å². The van der Waals surface area contributed by atoms with Crippen LogP contribution in [0.4, 0.5) is 30.4 Å². The van der Waals surface area contributed by atoms with Gasteiger partial charge in [0.15, 0.2) is 0 Å². The summed E-state index contributed by atoms with van der Waals surface area (Å²) in [7, 11) is 0. The van der Waals surface area contributed by atoms with Gasteiger partial charge in [-0.3, -0.25) is 0 Å². The van der Waals surface area contributed by atoms with E-state index in [0.29, 0.717) is 22.2 Å². The van der Waals surface area contributed by atoms with Crippen molar-refractivity contribution >= 4 is 39.7 Å². The number of benzene rings is 1. The van der Waals surface area contributed by atoms with Crippen LogP contribution in [0, 0.1) is 17.2 Å². The minimum absolute atomic E-state index is 0.0373. The van der Waals surface area contributed by atoms with Crippen molar-refractivity contribution < 1.29 is 13.2 Å². The van der Waals surface area contributed by atoms with Gasteiger partial charge >= 0.3 is 6.18 Å². The molecule has 1 aliphatic rings. The fourth-order valence-corrected chi connectivity index (χ4v) is 3.91. The zero-order valence-electron chi connectivity index (χ0n) is 15.2. The Labute approximate surface area is 170 Å². The molecule has 1 saturated heterocycles. The SMILES string of the molecule is N#Cc1cc(N2CCC(C(F)(F)F)CC2)cc(Nc2cc(Cl)c3cc[nH]c3c2)n1. The Morgan fingerprint density at radius 1 is 1.21 bits per heavy atom. The summed E-state index contributed by atoms with van der Waals surface area (Å²) in [6, 6.07) is 10.8. The molecule has 0 aliphatic carbocycles. The molecular formula is C20H17ClF3N5. The number of halogens is 4. The number of alkyl halides is 3. The third kappa shape index (κ3) is 4.10. The van der Waals surface area contributed by atoms with Gasteiger partial charge < -0.3 is 15.2 Å². The minimum atomic E-state index is -4.16. The van der Waals surface area contributed by atoms with Crippen molar-refractivity contribution in [3.05, 3.63) is 47.2 Å². The normalized spacial score (nSPS) is 15.5. The van der Waals surface area contributed by atoms with Crippen LogP contribution >= 0.6 is 11.6 Å². The first-order valence-electron chi connectivity index (χ1n) is 9.11. The summed E-state index contributed by atoms with van der Waals surface area (Å²) in [5.41, 5.74) is 2.40. The number of nitriles is 1. The van der Waals surface area contributed by atoms with Gasteiger partial charge in [0.05, 0.1) is 10.9 Å². The maximum Gasteiger partial charge on any atom is 0.391 e. The minimum Gasteiger partial charge on any atom is -0.371 e. The van der Waals surface area contributed by atoms with E-state index in [4.69, 9.17) is 11.6 Å². The molecule has 0 atom stereocenters. The van der Waals surface area contributed by atoms with Gasteiger partial charge in [0.1, 0.15) is 17.6 Å². The van der Waals surface area contributed by atoms with E-state index in [1.165, 1.54) is 0 Å². The molecule has 2 aromatic heterocycles. The first-order valence-corrected chi connectivity index (χ1v) is 9.49. The van der Waals surface area contributed by atoms with Gasteiger partial charge in [-0.2, -0.15) is 18.4 Å². The van der Waals surface area contributed by atoms with Crippen LogP contribution in [-0.2, 0) is 0 Å². The Balaban J connectivity index is 1.58. The van der Waals surface area contributed by atoms with Crippen molar-refractivity contribution in [3.8, 4) is 6.07 Å². The van der Waals surface area contributed by atoms with Crippen LogP contribution in [0.15, 0.2) is 36.5 Å². The number of nitrogens with zero attached hydrogens (tertiary/aromatic N) is 3. The van der Waals surface area contributed by atoms with Crippen LogP contribution < -0.4 is 10.2 Å². The summed E-state index contributed by atoms with van der Waals surface area (Å²) in [4.78, 5) is 9.21. The second-order valence-electron chi connectivity index (χ2n) is 7.03. The first-order chi connectivity index (χ1) is 13.8. The zero-order valence-corrected chi connectivity index (χ0v) is 16.0. The van der Waals surface area contributed by atoms with Crippen molar-refractivity contribution in [3.63, 3.8) is 0 Å². The molecule has 29 heavy (non-hydrogen) atoms. The molecule has 0 amide bonds.